The van der Waals surface area contributed by atoms with Crippen LogP contribution < -0.4 is 10.7 Å². The van der Waals surface area contributed by atoms with Crippen LogP contribution in [0.2, 0.25) is 0 Å². The summed E-state index contributed by atoms with van der Waals surface area (Å²) in [5.74, 6) is 0.415. The van der Waals surface area contributed by atoms with Gasteiger partial charge >= 0.3 is 0 Å². The lowest BCUT2D eigenvalue weighted by Gasteiger charge is -2.06. The van der Waals surface area contributed by atoms with Crippen molar-refractivity contribution < 1.29 is 4.79 Å². The molecule has 0 fully saturated rings. The minimum Gasteiger partial charge on any atom is -0.316 e. The van der Waals surface area contributed by atoms with Gasteiger partial charge in [0.15, 0.2) is 0 Å². The highest BCUT2D eigenvalue weighted by Gasteiger charge is 2.16. The van der Waals surface area contributed by atoms with Crippen LogP contribution in [0.15, 0.2) is 84.0 Å². The molecular formula is C28H28N4OS. The summed E-state index contributed by atoms with van der Waals surface area (Å²) in [6, 6.07) is 26.1. The normalized spacial score (nSPS) is 11.2. The summed E-state index contributed by atoms with van der Waals surface area (Å²) in [5.41, 5.74) is 9.12. The minimum absolute atomic E-state index is 0.0801. The molecule has 0 bridgehead atoms. The summed E-state index contributed by atoms with van der Waals surface area (Å²) in [7, 11) is 0. The standard InChI is InChI=1S/C28H28N4OS/c1-19(2)23-15-11-22(12-16-23)18-29-32-28-31-26(24-13-9-20(3)10-14-24)27(34-28)30-25(33)17-21-7-5-4-6-8-21/h4-16,18-19H,17H2,1-3H3,(H,30,33)(H,31,32). The highest BCUT2D eigenvalue weighted by atomic mass is 32.1. The fraction of sp³-hybridized carbons (Fsp3) is 0.179. The molecular weight excluding hydrogens is 440 g/mol. The van der Waals surface area contributed by atoms with Gasteiger partial charge in [-0.1, -0.05) is 110 Å². The Hall–Kier alpha value is -3.77. The number of aryl methyl sites for hydroxylation is 1. The predicted octanol–water partition coefficient (Wildman–Crippen LogP) is 6.87. The van der Waals surface area contributed by atoms with E-state index in [1.165, 1.54) is 22.5 Å². The lowest BCUT2D eigenvalue weighted by molar-refractivity contribution is -0.115. The van der Waals surface area contributed by atoms with Crippen molar-refractivity contribution in [3.63, 3.8) is 0 Å². The number of aromatic nitrogens is 1. The Labute approximate surface area is 204 Å². The number of hydrogen-bond acceptors (Lipinski definition) is 5. The van der Waals surface area contributed by atoms with Crippen molar-refractivity contribution in [2.75, 3.05) is 10.7 Å². The number of carbonyl (C=O) groups is 1. The molecule has 4 rings (SSSR count). The molecule has 1 aromatic heterocycles. The second-order valence-corrected chi connectivity index (χ2v) is 9.46. The van der Waals surface area contributed by atoms with Crippen LogP contribution in [0, 0.1) is 6.92 Å². The maximum Gasteiger partial charge on any atom is 0.229 e. The van der Waals surface area contributed by atoms with Gasteiger partial charge in [-0.05, 0) is 29.5 Å². The van der Waals surface area contributed by atoms with Crippen LogP contribution in [-0.4, -0.2) is 17.1 Å². The summed E-state index contributed by atoms with van der Waals surface area (Å²) in [6.07, 6.45) is 2.07. The second-order valence-electron chi connectivity index (χ2n) is 8.46. The lowest BCUT2D eigenvalue weighted by Crippen LogP contribution is -2.14. The number of anilines is 2. The fourth-order valence-electron chi connectivity index (χ4n) is 3.44. The minimum atomic E-state index is -0.0801. The topological polar surface area (TPSA) is 66.4 Å². The van der Waals surface area contributed by atoms with Crippen molar-refractivity contribution in [1.29, 1.82) is 0 Å². The van der Waals surface area contributed by atoms with Crippen molar-refractivity contribution in [2.24, 2.45) is 5.10 Å². The second kappa shape index (κ2) is 10.9. The fourth-order valence-corrected chi connectivity index (χ4v) is 4.29. The number of thiazole rings is 1. The molecule has 0 unspecified atom stereocenters. The number of rotatable bonds is 8. The van der Waals surface area contributed by atoms with Gasteiger partial charge in [-0.3, -0.25) is 10.2 Å². The Morgan fingerprint density at radius 2 is 1.71 bits per heavy atom. The average molecular weight is 469 g/mol. The monoisotopic (exact) mass is 468 g/mol. The molecule has 5 nitrogen and oxygen atoms in total. The molecule has 0 aliphatic heterocycles. The number of hydrogen-bond donors (Lipinski definition) is 2. The SMILES string of the molecule is Cc1ccc(-c2nc(NN=Cc3ccc(C(C)C)cc3)sc2NC(=O)Cc2ccccc2)cc1. The van der Waals surface area contributed by atoms with Crippen LogP contribution in [-0.2, 0) is 11.2 Å². The predicted molar refractivity (Wildman–Crippen MR) is 143 cm³/mol. The van der Waals surface area contributed by atoms with Crippen LogP contribution in [0.25, 0.3) is 11.3 Å². The first kappa shape index (κ1) is 23.4. The molecule has 6 heteroatoms. The van der Waals surface area contributed by atoms with Gasteiger partial charge in [-0.2, -0.15) is 5.10 Å². The molecule has 0 saturated carbocycles. The molecule has 0 aliphatic carbocycles. The summed E-state index contributed by atoms with van der Waals surface area (Å²) in [4.78, 5) is 17.4. The van der Waals surface area contributed by atoms with Gasteiger partial charge in [0, 0.05) is 5.56 Å². The van der Waals surface area contributed by atoms with E-state index in [1.54, 1.807) is 6.21 Å². The van der Waals surface area contributed by atoms with Gasteiger partial charge in [0.25, 0.3) is 0 Å². The number of carbonyl (C=O) groups excluding carboxylic acids is 1. The molecule has 0 atom stereocenters. The Morgan fingerprint density at radius 3 is 2.38 bits per heavy atom. The van der Waals surface area contributed by atoms with Gasteiger partial charge in [-0.15, -0.1) is 0 Å². The van der Waals surface area contributed by atoms with E-state index in [1.807, 2.05) is 61.5 Å². The lowest BCUT2D eigenvalue weighted by atomic mass is 10.0. The Kier molecular flexibility index (Phi) is 7.50. The average Bonchev–Trinajstić information content (AvgIpc) is 3.22. The zero-order valence-corrected chi connectivity index (χ0v) is 20.4. The Balaban J connectivity index is 1.52. The molecule has 1 heterocycles. The number of nitrogens with zero attached hydrogens (tertiary/aromatic N) is 2. The summed E-state index contributed by atoms with van der Waals surface area (Å²) >= 11 is 1.37. The maximum absolute atomic E-state index is 12.7. The molecule has 1 amide bonds. The van der Waals surface area contributed by atoms with Crippen LogP contribution in [0.1, 0.15) is 42.0 Å². The van der Waals surface area contributed by atoms with E-state index >= 15 is 0 Å². The van der Waals surface area contributed by atoms with Gasteiger partial charge in [0.05, 0.1) is 12.6 Å². The molecule has 3 aromatic carbocycles. The van der Waals surface area contributed by atoms with Crippen molar-refractivity contribution in [3.8, 4) is 11.3 Å². The third kappa shape index (κ3) is 6.17. The van der Waals surface area contributed by atoms with Crippen LogP contribution in [0.4, 0.5) is 10.1 Å². The first-order valence-electron chi connectivity index (χ1n) is 11.3. The molecule has 0 aliphatic rings. The third-order valence-corrected chi connectivity index (χ3v) is 6.27. The molecule has 0 saturated heterocycles. The van der Waals surface area contributed by atoms with Gasteiger partial charge < -0.3 is 5.32 Å². The van der Waals surface area contributed by atoms with E-state index in [0.29, 0.717) is 22.5 Å². The van der Waals surface area contributed by atoms with Crippen molar-refractivity contribution >= 4 is 33.6 Å². The van der Waals surface area contributed by atoms with Crippen LogP contribution >= 0.6 is 11.3 Å². The third-order valence-electron chi connectivity index (χ3n) is 5.39. The van der Waals surface area contributed by atoms with E-state index < -0.39 is 0 Å². The number of amides is 1. The molecule has 2 N–H and O–H groups in total. The number of benzene rings is 3. The van der Waals surface area contributed by atoms with Crippen LogP contribution in [0.3, 0.4) is 0 Å². The van der Waals surface area contributed by atoms with E-state index in [2.05, 4.69) is 54.0 Å². The largest absolute Gasteiger partial charge is 0.316 e. The summed E-state index contributed by atoms with van der Waals surface area (Å²) < 4.78 is 0. The zero-order chi connectivity index (χ0) is 23.9. The Morgan fingerprint density at radius 1 is 1.00 bits per heavy atom. The van der Waals surface area contributed by atoms with Crippen molar-refractivity contribution in [3.05, 3.63) is 101 Å². The Bertz CT molecular complexity index is 1260. The number of hydrazone groups is 1. The summed E-state index contributed by atoms with van der Waals surface area (Å²) in [5, 5.41) is 8.71. The first-order chi connectivity index (χ1) is 16.5. The van der Waals surface area contributed by atoms with E-state index in [-0.39, 0.29) is 5.91 Å². The zero-order valence-electron chi connectivity index (χ0n) is 19.6. The molecule has 172 valence electrons. The smallest absolute Gasteiger partial charge is 0.229 e. The highest BCUT2D eigenvalue weighted by Crippen LogP contribution is 2.36. The molecule has 34 heavy (non-hydrogen) atoms. The van der Waals surface area contributed by atoms with Crippen molar-refractivity contribution in [1.82, 2.24) is 4.98 Å². The highest BCUT2D eigenvalue weighted by molar-refractivity contribution is 7.20. The van der Waals surface area contributed by atoms with Crippen molar-refractivity contribution in [2.45, 2.75) is 33.1 Å². The van der Waals surface area contributed by atoms with Gasteiger partial charge in [0.1, 0.15) is 10.7 Å². The van der Waals surface area contributed by atoms with Crippen LogP contribution in [0.5, 0.6) is 0 Å². The maximum atomic E-state index is 12.7. The van der Waals surface area contributed by atoms with E-state index in [0.717, 1.165) is 22.4 Å². The first-order valence-corrected chi connectivity index (χ1v) is 12.1. The number of nitrogens with one attached hydrogen (secondary N) is 2. The summed E-state index contributed by atoms with van der Waals surface area (Å²) in [6.45, 7) is 6.40. The van der Waals surface area contributed by atoms with Gasteiger partial charge in [-0.25, -0.2) is 4.98 Å². The molecule has 0 radical (unpaired) electrons. The van der Waals surface area contributed by atoms with Gasteiger partial charge in [0.2, 0.25) is 11.0 Å². The molecule has 4 aromatic rings. The quantitative estimate of drug-likeness (QED) is 0.219. The molecule has 0 spiro atoms. The van der Waals surface area contributed by atoms with E-state index in [4.69, 9.17) is 4.98 Å². The van der Waals surface area contributed by atoms with E-state index in [9.17, 15) is 4.79 Å².